The van der Waals surface area contributed by atoms with E-state index in [4.69, 9.17) is 23.2 Å². The summed E-state index contributed by atoms with van der Waals surface area (Å²) >= 11 is 11.7. The molecule has 0 saturated carbocycles. The summed E-state index contributed by atoms with van der Waals surface area (Å²) in [6, 6.07) is 5.92. The SMILES string of the molecule is C=CC(C)NCc1ccc(Cl)c(Cl)c1. The summed E-state index contributed by atoms with van der Waals surface area (Å²) in [6.45, 7) is 6.51. The third-order valence-corrected chi connectivity index (χ3v) is 2.70. The van der Waals surface area contributed by atoms with Gasteiger partial charge in [0.2, 0.25) is 0 Å². The Hall–Kier alpha value is -0.500. The van der Waals surface area contributed by atoms with Gasteiger partial charge in [-0.2, -0.15) is 0 Å². The minimum atomic E-state index is 0.296. The van der Waals surface area contributed by atoms with Crippen LogP contribution in [-0.2, 0) is 6.54 Å². The molecule has 0 fully saturated rings. The summed E-state index contributed by atoms with van der Waals surface area (Å²) < 4.78 is 0. The lowest BCUT2D eigenvalue weighted by molar-refractivity contribution is 0.634. The second-order valence-electron chi connectivity index (χ2n) is 3.15. The average molecular weight is 230 g/mol. The molecule has 1 aromatic carbocycles. The first-order chi connectivity index (χ1) is 6.63. The van der Waals surface area contributed by atoms with Crippen molar-refractivity contribution in [2.24, 2.45) is 0 Å². The van der Waals surface area contributed by atoms with Gasteiger partial charge in [0, 0.05) is 12.6 Å². The van der Waals surface area contributed by atoms with E-state index in [0.717, 1.165) is 12.1 Å². The molecule has 0 heterocycles. The number of hydrogen-bond acceptors (Lipinski definition) is 1. The van der Waals surface area contributed by atoms with E-state index in [-0.39, 0.29) is 0 Å². The van der Waals surface area contributed by atoms with Gasteiger partial charge in [0.25, 0.3) is 0 Å². The van der Waals surface area contributed by atoms with Crippen LogP contribution in [0.3, 0.4) is 0 Å². The third-order valence-electron chi connectivity index (χ3n) is 1.97. The van der Waals surface area contributed by atoms with Crippen LogP contribution in [-0.4, -0.2) is 6.04 Å². The molecule has 1 nitrogen and oxygen atoms in total. The van der Waals surface area contributed by atoms with E-state index in [1.165, 1.54) is 0 Å². The van der Waals surface area contributed by atoms with E-state index in [1.54, 1.807) is 6.07 Å². The first-order valence-corrected chi connectivity index (χ1v) is 5.19. The zero-order valence-electron chi connectivity index (χ0n) is 8.06. The van der Waals surface area contributed by atoms with E-state index >= 15 is 0 Å². The van der Waals surface area contributed by atoms with Crippen LogP contribution in [0, 0.1) is 0 Å². The van der Waals surface area contributed by atoms with Crippen molar-refractivity contribution in [2.75, 3.05) is 0 Å². The lowest BCUT2D eigenvalue weighted by Crippen LogP contribution is -2.22. The van der Waals surface area contributed by atoms with E-state index < -0.39 is 0 Å². The summed E-state index contributed by atoms with van der Waals surface area (Å²) in [5.74, 6) is 0. The van der Waals surface area contributed by atoms with Crippen LogP contribution >= 0.6 is 23.2 Å². The number of rotatable bonds is 4. The second-order valence-corrected chi connectivity index (χ2v) is 3.97. The van der Waals surface area contributed by atoms with Gasteiger partial charge in [0.15, 0.2) is 0 Å². The van der Waals surface area contributed by atoms with Crippen molar-refractivity contribution in [3.05, 3.63) is 46.5 Å². The van der Waals surface area contributed by atoms with Crippen molar-refractivity contribution in [2.45, 2.75) is 19.5 Å². The fourth-order valence-electron chi connectivity index (χ4n) is 1.01. The quantitative estimate of drug-likeness (QED) is 0.778. The van der Waals surface area contributed by atoms with Gasteiger partial charge in [0.1, 0.15) is 0 Å². The fraction of sp³-hybridized carbons (Fsp3) is 0.273. The van der Waals surface area contributed by atoms with Gasteiger partial charge in [-0.05, 0) is 24.6 Å². The molecule has 0 radical (unpaired) electrons. The molecule has 0 saturated heterocycles. The monoisotopic (exact) mass is 229 g/mol. The van der Waals surface area contributed by atoms with Crippen LogP contribution < -0.4 is 5.32 Å². The largest absolute Gasteiger partial charge is 0.307 e. The third kappa shape index (κ3) is 3.33. The smallest absolute Gasteiger partial charge is 0.0595 e. The summed E-state index contributed by atoms with van der Waals surface area (Å²) in [5, 5.41) is 4.46. The van der Waals surface area contributed by atoms with E-state index in [1.807, 2.05) is 25.1 Å². The Morgan fingerprint density at radius 3 is 2.71 bits per heavy atom. The lowest BCUT2D eigenvalue weighted by Gasteiger charge is -2.09. The zero-order chi connectivity index (χ0) is 10.6. The van der Waals surface area contributed by atoms with Gasteiger partial charge >= 0.3 is 0 Å². The summed E-state index contributed by atoms with van der Waals surface area (Å²) in [7, 11) is 0. The first-order valence-electron chi connectivity index (χ1n) is 4.43. The Kier molecular flexibility index (Phi) is 4.46. The molecule has 3 heteroatoms. The first kappa shape index (κ1) is 11.6. The van der Waals surface area contributed by atoms with Crippen molar-refractivity contribution < 1.29 is 0 Å². The number of nitrogens with one attached hydrogen (secondary N) is 1. The normalized spacial score (nSPS) is 12.5. The molecule has 1 unspecified atom stereocenters. The Morgan fingerprint density at radius 2 is 2.14 bits per heavy atom. The van der Waals surface area contributed by atoms with Gasteiger partial charge in [0.05, 0.1) is 10.0 Å². The summed E-state index contributed by atoms with van der Waals surface area (Å²) in [5.41, 5.74) is 1.12. The van der Waals surface area contributed by atoms with Crippen molar-refractivity contribution >= 4 is 23.2 Å². The van der Waals surface area contributed by atoms with Crippen LogP contribution in [0.1, 0.15) is 12.5 Å². The molecule has 1 N–H and O–H groups in total. The maximum Gasteiger partial charge on any atom is 0.0595 e. The lowest BCUT2D eigenvalue weighted by atomic mass is 10.2. The van der Waals surface area contributed by atoms with Crippen LogP contribution in [0.2, 0.25) is 10.0 Å². The van der Waals surface area contributed by atoms with Crippen LogP contribution in [0.15, 0.2) is 30.9 Å². The molecule has 0 bridgehead atoms. The predicted molar refractivity (Wildman–Crippen MR) is 63.0 cm³/mol. The Bertz CT molecular complexity index is 323. The molecular weight excluding hydrogens is 217 g/mol. The van der Waals surface area contributed by atoms with Crippen molar-refractivity contribution in [1.29, 1.82) is 0 Å². The Labute approximate surface area is 94.7 Å². The standard InChI is InChI=1S/C11H13Cl2N/c1-3-8(2)14-7-9-4-5-10(12)11(13)6-9/h3-6,8,14H,1,7H2,2H3. The molecule has 0 amide bonds. The molecule has 0 aliphatic heterocycles. The Morgan fingerprint density at radius 1 is 1.43 bits per heavy atom. The highest BCUT2D eigenvalue weighted by atomic mass is 35.5. The molecule has 1 aromatic rings. The Balaban J connectivity index is 2.59. The number of benzene rings is 1. The summed E-state index contributed by atoms with van der Waals surface area (Å²) in [4.78, 5) is 0. The van der Waals surface area contributed by atoms with E-state index in [2.05, 4.69) is 11.9 Å². The van der Waals surface area contributed by atoms with Crippen molar-refractivity contribution in [1.82, 2.24) is 5.32 Å². The zero-order valence-corrected chi connectivity index (χ0v) is 9.57. The molecule has 14 heavy (non-hydrogen) atoms. The van der Waals surface area contributed by atoms with Gasteiger partial charge in [-0.1, -0.05) is 35.3 Å². The number of halogens is 2. The highest BCUT2D eigenvalue weighted by Crippen LogP contribution is 2.22. The molecule has 0 aliphatic rings. The van der Waals surface area contributed by atoms with Gasteiger partial charge in [-0.3, -0.25) is 0 Å². The van der Waals surface area contributed by atoms with Gasteiger partial charge in [-0.15, -0.1) is 6.58 Å². The predicted octanol–water partition coefficient (Wildman–Crippen LogP) is 3.66. The molecule has 0 spiro atoms. The van der Waals surface area contributed by atoms with Crippen molar-refractivity contribution in [3.63, 3.8) is 0 Å². The molecule has 1 atom stereocenters. The van der Waals surface area contributed by atoms with Crippen molar-refractivity contribution in [3.8, 4) is 0 Å². The highest BCUT2D eigenvalue weighted by Gasteiger charge is 2.00. The highest BCUT2D eigenvalue weighted by molar-refractivity contribution is 6.42. The minimum Gasteiger partial charge on any atom is -0.307 e. The molecule has 0 aliphatic carbocycles. The minimum absolute atomic E-state index is 0.296. The molecule has 1 rings (SSSR count). The second kappa shape index (κ2) is 5.40. The van der Waals surface area contributed by atoms with E-state index in [9.17, 15) is 0 Å². The van der Waals surface area contributed by atoms with E-state index in [0.29, 0.717) is 16.1 Å². The van der Waals surface area contributed by atoms with Gasteiger partial charge in [-0.25, -0.2) is 0 Å². The summed E-state index contributed by atoms with van der Waals surface area (Å²) in [6.07, 6.45) is 1.86. The van der Waals surface area contributed by atoms with Crippen LogP contribution in [0.4, 0.5) is 0 Å². The molecular formula is C11H13Cl2N. The maximum absolute atomic E-state index is 5.88. The van der Waals surface area contributed by atoms with Crippen LogP contribution in [0.5, 0.6) is 0 Å². The molecule has 76 valence electrons. The molecule has 0 aromatic heterocycles. The maximum atomic E-state index is 5.88. The van der Waals surface area contributed by atoms with Crippen LogP contribution in [0.25, 0.3) is 0 Å². The number of hydrogen-bond donors (Lipinski definition) is 1. The van der Waals surface area contributed by atoms with Gasteiger partial charge < -0.3 is 5.32 Å². The fourth-order valence-corrected chi connectivity index (χ4v) is 1.33. The topological polar surface area (TPSA) is 12.0 Å². The average Bonchev–Trinajstić information content (AvgIpc) is 2.19.